The molecule has 3 fully saturated rings. The number of aliphatic hydroxyl groups excluding tert-OH is 1. The summed E-state index contributed by atoms with van der Waals surface area (Å²) < 4.78 is 0. The Labute approximate surface area is 148 Å². The zero-order chi connectivity index (χ0) is 17.1. The molecule has 0 amide bonds. The van der Waals surface area contributed by atoms with E-state index in [1.807, 2.05) is 0 Å². The first-order valence-corrected chi connectivity index (χ1v) is 10.5. The molecule has 136 valence electrons. The SMILES string of the molecule is CC(CN)[C@H]1CC[C@H]2[C@@H]3CC=C4C[C@@H](O)CC[C@]4(C)[C@H]3CC[C@]12C. The third kappa shape index (κ3) is 2.28. The Bertz CT molecular complexity index is 528. The highest BCUT2D eigenvalue weighted by atomic mass is 16.3. The van der Waals surface area contributed by atoms with E-state index < -0.39 is 0 Å². The molecule has 0 aromatic carbocycles. The number of rotatable bonds is 2. The van der Waals surface area contributed by atoms with Gasteiger partial charge in [0.25, 0.3) is 0 Å². The maximum Gasteiger partial charge on any atom is 0.0577 e. The molecule has 2 heteroatoms. The van der Waals surface area contributed by atoms with Crippen molar-refractivity contribution in [3.63, 3.8) is 0 Å². The number of hydrogen-bond donors (Lipinski definition) is 2. The fraction of sp³-hybridized carbons (Fsp3) is 0.909. The minimum absolute atomic E-state index is 0.0870. The molecule has 2 nitrogen and oxygen atoms in total. The number of hydrogen-bond acceptors (Lipinski definition) is 2. The predicted octanol–water partition coefficient (Wildman–Crippen LogP) is 4.52. The zero-order valence-corrected chi connectivity index (χ0v) is 15.9. The number of allylic oxidation sites excluding steroid dienone is 1. The lowest BCUT2D eigenvalue weighted by Gasteiger charge is -2.58. The molecule has 0 aliphatic heterocycles. The summed E-state index contributed by atoms with van der Waals surface area (Å²) in [4.78, 5) is 0. The van der Waals surface area contributed by atoms with Crippen LogP contribution in [0.1, 0.15) is 72.1 Å². The van der Waals surface area contributed by atoms with E-state index in [1.165, 1.54) is 38.5 Å². The summed E-state index contributed by atoms with van der Waals surface area (Å²) in [6.45, 7) is 8.36. The summed E-state index contributed by atoms with van der Waals surface area (Å²) in [6, 6.07) is 0. The van der Waals surface area contributed by atoms with Gasteiger partial charge in [-0.25, -0.2) is 0 Å². The Morgan fingerprint density at radius 1 is 1.17 bits per heavy atom. The Morgan fingerprint density at radius 2 is 1.96 bits per heavy atom. The lowest BCUT2D eigenvalue weighted by molar-refractivity contribution is -0.0561. The molecule has 0 radical (unpaired) electrons. The number of fused-ring (bicyclic) bond motifs is 5. The highest BCUT2D eigenvalue weighted by Crippen LogP contribution is 2.67. The van der Waals surface area contributed by atoms with Crippen LogP contribution in [0.2, 0.25) is 0 Å². The first kappa shape index (κ1) is 17.1. The van der Waals surface area contributed by atoms with Crippen molar-refractivity contribution in [2.24, 2.45) is 46.2 Å². The van der Waals surface area contributed by atoms with Crippen LogP contribution in [0.15, 0.2) is 11.6 Å². The molecule has 3 saturated carbocycles. The summed E-state index contributed by atoms with van der Waals surface area (Å²) in [7, 11) is 0. The molecule has 3 N–H and O–H groups in total. The van der Waals surface area contributed by atoms with E-state index in [9.17, 15) is 5.11 Å². The van der Waals surface area contributed by atoms with E-state index in [1.54, 1.807) is 5.57 Å². The van der Waals surface area contributed by atoms with Gasteiger partial charge in [-0.2, -0.15) is 0 Å². The molecule has 0 aromatic rings. The van der Waals surface area contributed by atoms with Crippen LogP contribution in [0.5, 0.6) is 0 Å². The minimum atomic E-state index is -0.0870. The van der Waals surface area contributed by atoms with Gasteiger partial charge in [-0.05, 0) is 98.3 Å². The average molecular weight is 332 g/mol. The average Bonchev–Trinajstić information content (AvgIpc) is 2.92. The van der Waals surface area contributed by atoms with E-state index in [0.29, 0.717) is 16.7 Å². The van der Waals surface area contributed by atoms with Crippen LogP contribution in [0, 0.1) is 40.4 Å². The summed E-state index contributed by atoms with van der Waals surface area (Å²) in [5, 5.41) is 10.1. The third-order valence-corrected chi connectivity index (χ3v) is 9.21. The Morgan fingerprint density at radius 3 is 2.71 bits per heavy atom. The Hall–Kier alpha value is -0.340. The molecule has 4 aliphatic rings. The largest absolute Gasteiger partial charge is 0.393 e. The van der Waals surface area contributed by atoms with Crippen LogP contribution < -0.4 is 5.73 Å². The van der Waals surface area contributed by atoms with Crippen molar-refractivity contribution < 1.29 is 5.11 Å². The van der Waals surface area contributed by atoms with Gasteiger partial charge in [0.2, 0.25) is 0 Å². The van der Waals surface area contributed by atoms with Crippen LogP contribution >= 0.6 is 0 Å². The van der Waals surface area contributed by atoms with Crippen molar-refractivity contribution in [1.82, 2.24) is 0 Å². The van der Waals surface area contributed by atoms with Crippen molar-refractivity contribution in [2.45, 2.75) is 78.2 Å². The summed E-state index contributed by atoms with van der Waals surface area (Å²) in [6.07, 6.45) is 12.5. The first-order chi connectivity index (χ1) is 11.4. The molecule has 4 aliphatic carbocycles. The van der Waals surface area contributed by atoms with Gasteiger partial charge in [-0.15, -0.1) is 0 Å². The molecule has 8 atom stereocenters. The third-order valence-electron chi connectivity index (χ3n) is 9.21. The molecular weight excluding hydrogens is 294 g/mol. The van der Waals surface area contributed by atoms with Crippen molar-refractivity contribution in [3.8, 4) is 0 Å². The quantitative estimate of drug-likeness (QED) is 0.731. The normalized spacial score (nSPS) is 52.0. The molecule has 4 rings (SSSR count). The van der Waals surface area contributed by atoms with Gasteiger partial charge in [0.1, 0.15) is 0 Å². The monoisotopic (exact) mass is 331 g/mol. The second-order valence-corrected chi connectivity index (χ2v) is 10.1. The standard InChI is InChI=1S/C22H37NO/c1-14(13-23)18-6-7-19-17-5-4-15-12-16(24)8-10-21(15,2)20(17)9-11-22(18,19)3/h4,14,16-20,24H,5-13,23H2,1-3H3/t14?,16-,17-,18+,19-,20-,21-,22+/m0/s1. The first-order valence-electron chi connectivity index (χ1n) is 10.5. The van der Waals surface area contributed by atoms with Crippen molar-refractivity contribution in [1.29, 1.82) is 0 Å². The number of aliphatic hydroxyl groups is 1. The minimum Gasteiger partial charge on any atom is -0.393 e. The molecule has 24 heavy (non-hydrogen) atoms. The summed E-state index contributed by atoms with van der Waals surface area (Å²) in [5.74, 6) is 4.14. The van der Waals surface area contributed by atoms with Crippen molar-refractivity contribution >= 4 is 0 Å². The van der Waals surface area contributed by atoms with Gasteiger partial charge >= 0.3 is 0 Å². The van der Waals surface area contributed by atoms with Crippen LogP contribution in [-0.2, 0) is 0 Å². The fourth-order valence-corrected chi connectivity index (χ4v) is 7.78. The second kappa shape index (κ2) is 5.84. The van der Waals surface area contributed by atoms with Gasteiger partial charge in [0, 0.05) is 0 Å². The molecule has 0 bridgehead atoms. The van der Waals surface area contributed by atoms with Crippen molar-refractivity contribution in [2.75, 3.05) is 6.54 Å². The predicted molar refractivity (Wildman–Crippen MR) is 99.4 cm³/mol. The van der Waals surface area contributed by atoms with Crippen LogP contribution in [0.25, 0.3) is 0 Å². The fourth-order valence-electron chi connectivity index (χ4n) is 7.78. The summed E-state index contributed by atoms with van der Waals surface area (Å²) >= 11 is 0. The van der Waals surface area contributed by atoms with Gasteiger partial charge in [0.05, 0.1) is 6.10 Å². The van der Waals surface area contributed by atoms with Crippen LogP contribution in [0.3, 0.4) is 0 Å². The zero-order valence-electron chi connectivity index (χ0n) is 15.9. The van der Waals surface area contributed by atoms with E-state index in [4.69, 9.17) is 5.73 Å². The highest BCUT2D eigenvalue weighted by molar-refractivity contribution is 5.25. The van der Waals surface area contributed by atoms with Gasteiger partial charge in [-0.1, -0.05) is 32.4 Å². The lowest BCUT2D eigenvalue weighted by Crippen LogP contribution is -2.51. The molecule has 0 heterocycles. The Balaban J connectivity index is 1.63. The number of nitrogens with two attached hydrogens (primary N) is 1. The maximum absolute atomic E-state index is 10.1. The van der Waals surface area contributed by atoms with E-state index in [0.717, 1.165) is 43.1 Å². The van der Waals surface area contributed by atoms with Crippen LogP contribution in [-0.4, -0.2) is 17.8 Å². The topological polar surface area (TPSA) is 46.2 Å². The van der Waals surface area contributed by atoms with Crippen LogP contribution in [0.4, 0.5) is 0 Å². The molecule has 0 aromatic heterocycles. The van der Waals surface area contributed by atoms with E-state index in [2.05, 4.69) is 26.8 Å². The highest BCUT2D eigenvalue weighted by Gasteiger charge is 2.58. The molecule has 1 unspecified atom stereocenters. The van der Waals surface area contributed by atoms with Crippen molar-refractivity contribution in [3.05, 3.63) is 11.6 Å². The van der Waals surface area contributed by atoms with Gasteiger partial charge in [0.15, 0.2) is 0 Å². The van der Waals surface area contributed by atoms with E-state index in [-0.39, 0.29) is 6.10 Å². The molecular formula is C22H37NO. The molecule has 0 spiro atoms. The smallest absolute Gasteiger partial charge is 0.0577 e. The van der Waals surface area contributed by atoms with Gasteiger partial charge < -0.3 is 10.8 Å². The van der Waals surface area contributed by atoms with Gasteiger partial charge in [-0.3, -0.25) is 0 Å². The lowest BCUT2D eigenvalue weighted by atomic mass is 9.47. The maximum atomic E-state index is 10.1. The second-order valence-electron chi connectivity index (χ2n) is 10.1. The molecule has 0 saturated heterocycles. The Kier molecular flexibility index (Phi) is 4.16. The summed E-state index contributed by atoms with van der Waals surface area (Å²) in [5.41, 5.74) is 8.55. The van der Waals surface area contributed by atoms with E-state index >= 15 is 0 Å².